The fourth-order valence-corrected chi connectivity index (χ4v) is 3.70. The molecule has 3 aromatic carbocycles. The summed E-state index contributed by atoms with van der Waals surface area (Å²) in [5, 5.41) is 2.16. The van der Waals surface area contributed by atoms with E-state index in [-0.39, 0.29) is 5.91 Å². The highest BCUT2D eigenvalue weighted by atomic mass is 16.5. The minimum absolute atomic E-state index is 0.0487. The molecule has 26 heavy (non-hydrogen) atoms. The van der Waals surface area contributed by atoms with Gasteiger partial charge in [-0.15, -0.1) is 0 Å². The lowest BCUT2D eigenvalue weighted by molar-refractivity contribution is -0.125. The maximum Gasteiger partial charge on any atom is 0.268 e. The molecule has 1 unspecified atom stereocenters. The van der Waals surface area contributed by atoms with Crippen LogP contribution in [-0.4, -0.2) is 18.6 Å². The Hall–Kier alpha value is -2.81. The largest absolute Gasteiger partial charge is 0.480 e. The molecule has 0 spiro atoms. The number of aryl methyl sites for hydroxylation is 1. The van der Waals surface area contributed by atoms with E-state index in [0.29, 0.717) is 6.42 Å². The van der Waals surface area contributed by atoms with Gasteiger partial charge in [-0.1, -0.05) is 61.5 Å². The van der Waals surface area contributed by atoms with Crippen LogP contribution in [0.4, 0.5) is 5.69 Å². The van der Waals surface area contributed by atoms with Crippen LogP contribution in [0.25, 0.3) is 10.8 Å². The fourth-order valence-electron chi connectivity index (χ4n) is 3.70. The molecule has 132 valence electrons. The predicted octanol–water partition coefficient (Wildman–Crippen LogP) is 4.98. The molecule has 0 aromatic heterocycles. The zero-order chi connectivity index (χ0) is 17.9. The third-order valence-corrected chi connectivity index (χ3v) is 5.04. The van der Waals surface area contributed by atoms with Crippen LogP contribution in [0.2, 0.25) is 0 Å². The second-order valence-electron chi connectivity index (χ2n) is 6.71. The molecule has 0 radical (unpaired) electrons. The van der Waals surface area contributed by atoms with Crippen molar-refractivity contribution in [2.24, 2.45) is 0 Å². The third-order valence-electron chi connectivity index (χ3n) is 5.04. The molecule has 0 bridgehead atoms. The van der Waals surface area contributed by atoms with Crippen molar-refractivity contribution in [1.82, 2.24) is 0 Å². The lowest BCUT2D eigenvalue weighted by Crippen LogP contribution is -2.44. The number of hydrogen-bond donors (Lipinski definition) is 0. The number of nitrogens with zero attached hydrogens (tertiary/aromatic N) is 1. The Labute approximate surface area is 154 Å². The van der Waals surface area contributed by atoms with Crippen molar-refractivity contribution >= 4 is 22.4 Å². The van der Waals surface area contributed by atoms with Gasteiger partial charge in [0.15, 0.2) is 6.10 Å². The average Bonchev–Trinajstić information content (AvgIpc) is 2.71. The normalized spacial score (nSPS) is 14.7. The Morgan fingerprint density at radius 3 is 2.69 bits per heavy atom. The van der Waals surface area contributed by atoms with Gasteiger partial charge in [0.2, 0.25) is 0 Å². The first-order valence-electron chi connectivity index (χ1n) is 9.31. The molecule has 0 saturated heterocycles. The number of anilines is 1. The molecule has 4 rings (SSSR count). The number of para-hydroxylation sites is 1. The Morgan fingerprint density at radius 1 is 1.04 bits per heavy atom. The average molecular weight is 345 g/mol. The molecule has 0 fully saturated rings. The molecule has 1 heterocycles. The molecule has 0 aliphatic carbocycles. The van der Waals surface area contributed by atoms with Gasteiger partial charge in [-0.25, -0.2) is 0 Å². The Morgan fingerprint density at radius 2 is 1.81 bits per heavy atom. The van der Waals surface area contributed by atoms with Gasteiger partial charge >= 0.3 is 0 Å². The summed E-state index contributed by atoms with van der Waals surface area (Å²) in [5.74, 6) is 0.821. The van der Waals surface area contributed by atoms with Crippen molar-refractivity contribution in [3.63, 3.8) is 0 Å². The van der Waals surface area contributed by atoms with Crippen LogP contribution in [-0.2, 0) is 11.2 Å². The highest BCUT2D eigenvalue weighted by Gasteiger charge is 2.29. The van der Waals surface area contributed by atoms with E-state index in [1.54, 1.807) is 0 Å². The molecule has 3 aromatic rings. The number of carbonyl (C=O) groups is 1. The number of benzene rings is 3. The quantitative estimate of drug-likeness (QED) is 0.668. The van der Waals surface area contributed by atoms with Crippen molar-refractivity contribution in [3.05, 3.63) is 72.3 Å². The highest BCUT2D eigenvalue weighted by molar-refractivity contribution is 5.98. The fraction of sp³-hybridized carbons (Fsp3) is 0.261. The molecule has 3 nitrogen and oxygen atoms in total. The minimum Gasteiger partial charge on any atom is -0.480 e. The molecule has 1 aliphatic heterocycles. The van der Waals surface area contributed by atoms with Crippen LogP contribution in [0.5, 0.6) is 5.75 Å². The Bertz CT molecular complexity index is 929. The first kappa shape index (κ1) is 16.6. The molecule has 0 N–H and O–H groups in total. The number of hydrogen-bond acceptors (Lipinski definition) is 2. The maximum absolute atomic E-state index is 13.2. The Kier molecular flexibility index (Phi) is 4.61. The second kappa shape index (κ2) is 7.20. The summed E-state index contributed by atoms with van der Waals surface area (Å²) in [4.78, 5) is 15.1. The zero-order valence-electron chi connectivity index (χ0n) is 15.0. The van der Waals surface area contributed by atoms with E-state index in [1.165, 1.54) is 5.56 Å². The lowest BCUT2D eigenvalue weighted by Gasteiger charge is -2.32. The first-order chi connectivity index (χ1) is 12.8. The van der Waals surface area contributed by atoms with Crippen LogP contribution in [0, 0.1) is 0 Å². The predicted molar refractivity (Wildman–Crippen MR) is 106 cm³/mol. The standard InChI is InChI=1S/C23H23NO2/c1-2-21(26-22-15-7-11-17-9-3-5-13-19(17)22)23(25)24-16-8-12-18-10-4-6-14-20(18)24/h3-7,9-11,13-15,21H,2,8,12,16H2,1H3. The van der Waals surface area contributed by atoms with E-state index in [4.69, 9.17) is 4.74 Å². The number of rotatable bonds is 4. The topological polar surface area (TPSA) is 29.5 Å². The van der Waals surface area contributed by atoms with Crippen LogP contribution < -0.4 is 9.64 Å². The summed E-state index contributed by atoms with van der Waals surface area (Å²) < 4.78 is 6.22. The molecule has 1 atom stereocenters. The van der Waals surface area contributed by atoms with Crippen molar-refractivity contribution in [1.29, 1.82) is 0 Å². The van der Waals surface area contributed by atoms with Gasteiger partial charge in [0, 0.05) is 17.6 Å². The smallest absolute Gasteiger partial charge is 0.268 e. The van der Waals surface area contributed by atoms with Crippen molar-refractivity contribution in [3.8, 4) is 5.75 Å². The SMILES string of the molecule is CCC(Oc1cccc2ccccc12)C(=O)N1CCCc2ccccc21. The first-order valence-corrected chi connectivity index (χ1v) is 9.31. The van der Waals surface area contributed by atoms with Crippen LogP contribution in [0.1, 0.15) is 25.3 Å². The molecule has 1 amide bonds. The summed E-state index contributed by atoms with van der Waals surface area (Å²) in [6.07, 6.45) is 2.18. The van der Waals surface area contributed by atoms with Gasteiger partial charge in [0.1, 0.15) is 5.75 Å². The van der Waals surface area contributed by atoms with Crippen molar-refractivity contribution in [2.45, 2.75) is 32.3 Å². The molecule has 1 aliphatic rings. The van der Waals surface area contributed by atoms with E-state index in [0.717, 1.165) is 41.6 Å². The van der Waals surface area contributed by atoms with Gasteiger partial charge < -0.3 is 9.64 Å². The third kappa shape index (κ3) is 3.05. The van der Waals surface area contributed by atoms with Gasteiger partial charge in [-0.05, 0) is 42.3 Å². The van der Waals surface area contributed by atoms with E-state index < -0.39 is 6.10 Å². The van der Waals surface area contributed by atoms with Gasteiger partial charge in [0.05, 0.1) is 0 Å². The van der Waals surface area contributed by atoms with E-state index in [2.05, 4.69) is 18.2 Å². The van der Waals surface area contributed by atoms with Gasteiger partial charge in [-0.2, -0.15) is 0 Å². The number of amides is 1. The number of ether oxygens (including phenoxy) is 1. The maximum atomic E-state index is 13.2. The van der Waals surface area contributed by atoms with E-state index in [9.17, 15) is 4.79 Å². The van der Waals surface area contributed by atoms with Crippen LogP contribution in [0.15, 0.2) is 66.7 Å². The van der Waals surface area contributed by atoms with Crippen LogP contribution >= 0.6 is 0 Å². The zero-order valence-corrected chi connectivity index (χ0v) is 15.0. The Balaban J connectivity index is 1.63. The summed E-state index contributed by atoms with van der Waals surface area (Å²) >= 11 is 0. The number of carbonyl (C=O) groups excluding carboxylic acids is 1. The summed E-state index contributed by atoms with van der Waals surface area (Å²) in [6.45, 7) is 2.76. The van der Waals surface area contributed by atoms with E-state index >= 15 is 0 Å². The van der Waals surface area contributed by atoms with Crippen LogP contribution in [0.3, 0.4) is 0 Å². The highest BCUT2D eigenvalue weighted by Crippen LogP contribution is 2.30. The summed E-state index contributed by atoms with van der Waals surface area (Å²) in [7, 11) is 0. The summed E-state index contributed by atoms with van der Waals surface area (Å²) in [5.41, 5.74) is 2.27. The molecule has 0 saturated carbocycles. The monoisotopic (exact) mass is 345 g/mol. The number of fused-ring (bicyclic) bond motifs is 2. The summed E-state index contributed by atoms with van der Waals surface area (Å²) in [6, 6.07) is 22.3. The van der Waals surface area contributed by atoms with Gasteiger partial charge in [-0.3, -0.25) is 4.79 Å². The molecule has 3 heteroatoms. The van der Waals surface area contributed by atoms with Crippen molar-refractivity contribution in [2.75, 3.05) is 11.4 Å². The molecular formula is C23H23NO2. The van der Waals surface area contributed by atoms with Gasteiger partial charge in [0.25, 0.3) is 5.91 Å². The lowest BCUT2D eigenvalue weighted by atomic mass is 10.0. The van der Waals surface area contributed by atoms with Crippen molar-refractivity contribution < 1.29 is 9.53 Å². The molecular weight excluding hydrogens is 322 g/mol. The van der Waals surface area contributed by atoms with E-state index in [1.807, 2.05) is 60.4 Å². The second-order valence-corrected chi connectivity index (χ2v) is 6.71. The minimum atomic E-state index is -0.480.